The molecule has 1 aromatic heterocycles. The van der Waals surface area contributed by atoms with Crippen molar-refractivity contribution >= 4 is 34.2 Å². The Kier molecular flexibility index (Phi) is 4.17. The lowest BCUT2D eigenvalue weighted by molar-refractivity contribution is 0.214. The van der Waals surface area contributed by atoms with Gasteiger partial charge in [-0.1, -0.05) is 23.7 Å². The Morgan fingerprint density at radius 2 is 2.11 bits per heavy atom. The molecule has 0 saturated heterocycles. The summed E-state index contributed by atoms with van der Waals surface area (Å²) in [5.74, 6) is 0. The molecule has 0 aliphatic rings. The smallest absolute Gasteiger partial charge is 0.129 e. The normalized spacial score (nSPS) is 11.9. The summed E-state index contributed by atoms with van der Waals surface area (Å²) < 4.78 is 0.820. The minimum atomic E-state index is -0.844. The van der Waals surface area contributed by atoms with Crippen LogP contribution in [0.15, 0.2) is 36.4 Å². The second-order valence-corrected chi connectivity index (χ2v) is 5.19. The van der Waals surface area contributed by atoms with E-state index in [1.165, 1.54) is 0 Å². The van der Waals surface area contributed by atoms with Gasteiger partial charge in [-0.15, -0.1) is 0 Å². The van der Waals surface area contributed by atoms with Gasteiger partial charge in [0.2, 0.25) is 0 Å². The van der Waals surface area contributed by atoms with Crippen LogP contribution in [0.3, 0.4) is 0 Å². The molecular weight excluding hydrogens is 363 g/mol. The number of pyridine rings is 1. The van der Waals surface area contributed by atoms with Gasteiger partial charge in [-0.2, -0.15) is 5.26 Å². The highest BCUT2D eigenvalue weighted by Gasteiger charge is 2.15. The summed E-state index contributed by atoms with van der Waals surface area (Å²) in [6, 6.07) is 12.3. The number of aliphatic hydroxyl groups excluding tert-OH is 1. The molecule has 0 radical (unpaired) electrons. The van der Waals surface area contributed by atoms with Crippen molar-refractivity contribution in [2.45, 2.75) is 6.10 Å². The number of hydrogen-bond donors (Lipinski definition) is 1. The van der Waals surface area contributed by atoms with Crippen molar-refractivity contribution in [3.05, 3.63) is 61.9 Å². The molecule has 0 amide bonds. The molecule has 18 heavy (non-hydrogen) atoms. The lowest BCUT2D eigenvalue weighted by Gasteiger charge is -2.12. The van der Waals surface area contributed by atoms with E-state index in [1.807, 2.05) is 0 Å². The Labute approximate surface area is 123 Å². The van der Waals surface area contributed by atoms with Crippen LogP contribution in [0, 0.1) is 14.9 Å². The van der Waals surface area contributed by atoms with E-state index < -0.39 is 6.10 Å². The van der Waals surface area contributed by atoms with Crippen LogP contribution < -0.4 is 0 Å². The van der Waals surface area contributed by atoms with Crippen LogP contribution in [-0.4, -0.2) is 10.1 Å². The quantitative estimate of drug-likeness (QED) is 0.652. The maximum absolute atomic E-state index is 10.3. The molecule has 0 aliphatic heterocycles. The van der Waals surface area contributed by atoms with E-state index in [4.69, 9.17) is 16.9 Å². The van der Waals surface area contributed by atoms with Crippen LogP contribution >= 0.6 is 34.2 Å². The molecule has 0 fully saturated rings. The van der Waals surface area contributed by atoms with Gasteiger partial charge in [0, 0.05) is 3.57 Å². The summed E-state index contributed by atoms with van der Waals surface area (Å²) >= 11 is 7.88. The Morgan fingerprint density at radius 1 is 1.33 bits per heavy atom. The average molecular weight is 371 g/mol. The third-order valence-electron chi connectivity index (χ3n) is 2.44. The molecule has 0 spiro atoms. The second-order valence-electron chi connectivity index (χ2n) is 3.64. The fraction of sp³-hybridized carbons (Fsp3) is 0.0769. The van der Waals surface area contributed by atoms with Crippen LogP contribution in [0.5, 0.6) is 0 Å². The molecule has 1 unspecified atom stereocenters. The van der Waals surface area contributed by atoms with Gasteiger partial charge >= 0.3 is 0 Å². The zero-order valence-corrected chi connectivity index (χ0v) is 12.1. The lowest BCUT2D eigenvalue weighted by Crippen LogP contribution is -2.04. The van der Waals surface area contributed by atoms with Gasteiger partial charge in [0.15, 0.2) is 0 Å². The highest BCUT2D eigenvalue weighted by molar-refractivity contribution is 14.1. The topological polar surface area (TPSA) is 56.9 Å². The van der Waals surface area contributed by atoms with Crippen molar-refractivity contribution in [2.24, 2.45) is 0 Å². The predicted octanol–water partition coefficient (Wildman–Crippen LogP) is 3.29. The van der Waals surface area contributed by atoms with E-state index in [2.05, 4.69) is 33.6 Å². The van der Waals surface area contributed by atoms with E-state index in [0.717, 1.165) is 3.57 Å². The molecule has 0 saturated carbocycles. The summed E-state index contributed by atoms with van der Waals surface area (Å²) in [5.41, 5.74) is 1.77. The third-order valence-corrected chi connectivity index (χ3v) is 3.59. The number of nitriles is 1. The molecule has 1 N–H and O–H groups in total. The average Bonchev–Trinajstić information content (AvgIpc) is 2.37. The summed E-state index contributed by atoms with van der Waals surface area (Å²) in [6.45, 7) is 0. The van der Waals surface area contributed by atoms with E-state index in [-0.39, 0.29) is 0 Å². The van der Waals surface area contributed by atoms with Crippen molar-refractivity contribution in [1.82, 2.24) is 4.98 Å². The summed E-state index contributed by atoms with van der Waals surface area (Å²) in [5, 5.41) is 19.4. The molecule has 0 bridgehead atoms. The van der Waals surface area contributed by atoms with Crippen molar-refractivity contribution in [3.63, 3.8) is 0 Å². The Balaban J connectivity index is 2.40. The summed E-state index contributed by atoms with van der Waals surface area (Å²) in [4.78, 5) is 4.08. The molecule has 2 rings (SSSR count). The third kappa shape index (κ3) is 2.80. The summed E-state index contributed by atoms with van der Waals surface area (Å²) in [7, 11) is 0. The van der Waals surface area contributed by atoms with Crippen molar-refractivity contribution in [1.29, 1.82) is 5.26 Å². The van der Waals surface area contributed by atoms with Crippen molar-refractivity contribution < 1.29 is 5.11 Å². The van der Waals surface area contributed by atoms with Gasteiger partial charge in [-0.05, 0) is 52.4 Å². The highest BCUT2D eigenvalue weighted by Crippen LogP contribution is 2.26. The molecule has 1 aromatic carbocycles. The van der Waals surface area contributed by atoms with E-state index in [9.17, 15) is 5.11 Å². The first-order chi connectivity index (χ1) is 8.61. The first-order valence-corrected chi connectivity index (χ1v) is 6.57. The fourth-order valence-electron chi connectivity index (χ4n) is 1.55. The zero-order valence-electron chi connectivity index (χ0n) is 9.14. The largest absolute Gasteiger partial charge is 0.382 e. The maximum Gasteiger partial charge on any atom is 0.129 e. The second kappa shape index (κ2) is 5.65. The summed E-state index contributed by atoms with van der Waals surface area (Å²) in [6.07, 6.45) is -0.844. The molecule has 90 valence electrons. The van der Waals surface area contributed by atoms with Gasteiger partial charge in [-0.25, -0.2) is 4.98 Å². The number of rotatable bonds is 2. The first kappa shape index (κ1) is 13.3. The number of halogens is 2. The molecule has 0 aliphatic carbocycles. The van der Waals surface area contributed by atoms with Crippen LogP contribution in [0.2, 0.25) is 5.15 Å². The molecule has 3 nitrogen and oxygen atoms in total. The molecular formula is C13H8ClIN2O. The predicted molar refractivity (Wildman–Crippen MR) is 77.2 cm³/mol. The lowest BCUT2D eigenvalue weighted by atomic mass is 10.0. The van der Waals surface area contributed by atoms with Crippen LogP contribution in [0.4, 0.5) is 0 Å². The standard InChI is InChI=1S/C13H8ClIN2O/c14-12-3-1-2-11(17-12)13(18)9-5-4-8(7-16)6-10(9)15/h1-6,13,18H. The fourth-order valence-corrected chi connectivity index (χ4v) is 2.53. The Morgan fingerprint density at radius 3 is 2.72 bits per heavy atom. The van der Waals surface area contributed by atoms with Gasteiger partial charge in [0.25, 0.3) is 0 Å². The Hall–Kier alpha value is -1.16. The van der Waals surface area contributed by atoms with Crippen LogP contribution in [0.1, 0.15) is 22.9 Å². The van der Waals surface area contributed by atoms with E-state index >= 15 is 0 Å². The highest BCUT2D eigenvalue weighted by atomic mass is 127. The minimum Gasteiger partial charge on any atom is -0.382 e. The van der Waals surface area contributed by atoms with Gasteiger partial charge in [-0.3, -0.25) is 0 Å². The number of aliphatic hydroxyl groups is 1. The molecule has 2 aromatic rings. The molecule has 1 atom stereocenters. The maximum atomic E-state index is 10.3. The van der Waals surface area contributed by atoms with Crippen LogP contribution in [-0.2, 0) is 0 Å². The van der Waals surface area contributed by atoms with E-state index in [0.29, 0.717) is 22.0 Å². The molecule has 5 heteroatoms. The number of benzene rings is 1. The number of nitrogens with zero attached hydrogens (tertiary/aromatic N) is 2. The van der Waals surface area contributed by atoms with Crippen molar-refractivity contribution in [3.8, 4) is 6.07 Å². The number of hydrogen-bond acceptors (Lipinski definition) is 3. The van der Waals surface area contributed by atoms with Gasteiger partial charge in [0.1, 0.15) is 11.3 Å². The monoisotopic (exact) mass is 370 g/mol. The SMILES string of the molecule is N#Cc1ccc(C(O)c2cccc(Cl)n2)c(I)c1. The van der Waals surface area contributed by atoms with Crippen molar-refractivity contribution in [2.75, 3.05) is 0 Å². The Bertz CT molecular complexity index is 625. The van der Waals surface area contributed by atoms with Crippen LogP contribution in [0.25, 0.3) is 0 Å². The van der Waals surface area contributed by atoms with E-state index in [1.54, 1.807) is 36.4 Å². The minimum absolute atomic E-state index is 0.343. The number of aromatic nitrogens is 1. The molecule has 1 heterocycles. The first-order valence-electron chi connectivity index (χ1n) is 5.12. The zero-order chi connectivity index (χ0) is 13.1. The van der Waals surface area contributed by atoms with Gasteiger partial charge in [0.05, 0.1) is 17.3 Å². The van der Waals surface area contributed by atoms with Gasteiger partial charge < -0.3 is 5.11 Å².